The molecule has 0 aliphatic heterocycles. The average Bonchev–Trinajstić information content (AvgIpc) is 2.15. The van der Waals surface area contributed by atoms with Crippen LogP contribution >= 0.6 is 0 Å². The lowest BCUT2D eigenvalue weighted by Gasteiger charge is -2.19. The van der Waals surface area contributed by atoms with Crippen molar-refractivity contribution in [1.29, 1.82) is 0 Å². The summed E-state index contributed by atoms with van der Waals surface area (Å²) in [5.41, 5.74) is 2.90. The lowest BCUT2D eigenvalue weighted by molar-refractivity contribution is -0.135. The minimum absolute atomic E-state index is 0.00509. The first-order valence-electron chi connectivity index (χ1n) is 5.31. The predicted molar refractivity (Wildman–Crippen MR) is 66.4 cm³/mol. The highest BCUT2D eigenvalue weighted by Crippen LogP contribution is 2.24. The molecule has 16 heavy (non-hydrogen) atoms. The van der Waals surface area contributed by atoms with E-state index in [0.717, 1.165) is 5.56 Å². The van der Waals surface area contributed by atoms with E-state index in [9.17, 15) is 4.79 Å². The molecule has 0 bridgehead atoms. The van der Waals surface area contributed by atoms with Crippen LogP contribution in [0.3, 0.4) is 0 Å². The van der Waals surface area contributed by atoms with Gasteiger partial charge in [-0.1, -0.05) is 51.6 Å². The summed E-state index contributed by atoms with van der Waals surface area (Å²) in [6.07, 6.45) is -0.00509. The lowest BCUT2D eigenvalue weighted by atomic mass is 9.86. The van der Waals surface area contributed by atoms with Crippen molar-refractivity contribution in [2.45, 2.75) is 32.6 Å². The van der Waals surface area contributed by atoms with E-state index in [1.165, 1.54) is 5.56 Å². The monoisotopic (exact) mass is 218 g/mol. The zero-order chi connectivity index (χ0) is 12.3. The molecule has 86 valence electrons. The third-order valence-electron chi connectivity index (χ3n) is 2.52. The van der Waals surface area contributed by atoms with Gasteiger partial charge in [0.15, 0.2) is 0 Å². The number of carboxylic acid groups (broad SMARTS) is 1. The number of hydrogen-bond donors (Lipinski definition) is 1. The first kappa shape index (κ1) is 12.5. The Labute approximate surface area is 96.6 Å². The molecule has 1 rings (SSSR count). The first-order chi connectivity index (χ1) is 7.30. The Kier molecular flexibility index (Phi) is 3.53. The Balaban J connectivity index is 2.87. The summed E-state index contributed by atoms with van der Waals surface area (Å²) in [6, 6.07) is 7.93. The van der Waals surface area contributed by atoms with E-state index in [-0.39, 0.29) is 11.8 Å². The summed E-state index contributed by atoms with van der Waals surface area (Å²) in [7, 11) is 0. The zero-order valence-electron chi connectivity index (χ0n) is 10.1. The van der Waals surface area contributed by atoms with Crippen LogP contribution in [0.15, 0.2) is 30.8 Å². The van der Waals surface area contributed by atoms with E-state index >= 15 is 0 Å². The van der Waals surface area contributed by atoms with Gasteiger partial charge in [-0.05, 0) is 22.1 Å². The Hall–Kier alpha value is -1.57. The highest BCUT2D eigenvalue weighted by molar-refractivity contribution is 5.83. The van der Waals surface area contributed by atoms with Crippen molar-refractivity contribution in [3.05, 3.63) is 42.0 Å². The normalized spacial score (nSPS) is 11.2. The molecule has 1 aromatic rings. The maximum absolute atomic E-state index is 10.5. The minimum atomic E-state index is -0.843. The smallest absolute Gasteiger partial charge is 0.307 e. The van der Waals surface area contributed by atoms with Crippen LogP contribution in [0.2, 0.25) is 0 Å². The summed E-state index contributed by atoms with van der Waals surface area (Å²) in [4.78, 5) is 10.5. The molecular weight excluding hydrogens is 200 g/mol. The summed E-state index contributed by atoms with van der Waals surface area (Å²) < 4.78 is 0. The molecule has 0 atom stereocenters. The molecule has 0 aliphatic rings. The molecule has 0 saturated carbocycles. The first-order valence-corrected chi connectivity index (χ1v) is 5.31. The molecule has 1 N–H and O–H groups in total. The van der Waals surface area contributed by atoms with Crippen molar-refractivity contribution in [2.24, 2.45) is 0 Å². The van der Waals surface area contributed by atoms with Crippen LogP contribution in [0.25, 0.3) is 5.57 Å². The van der Waals surface area contributed by atoms with Crippen molar-refractivity contribution in [1.82, 2.24) is 0 Å². The van der Waals surface area contributed by atoms with Crippen molar-refractivity contribution in [3.8, 4) is 0 Å². The fourth-order valence-electron chi connectivity index (χ4n) is 1.49. The van der Waals surface area contributed by atoms with Gasteiger partial charge in [-0.15, -0.1) is 0 Å². The maximum atomic E-state index is 10.5. The highest BCUT2D eigenvalue weighted by atomic mass is 16.4. The van der Waals surface area contributed by atoms with Crippen LogP contribution in [0, 0.1) is 0 Å². The summed E-state index contributed by atoms with van der Waals surface area (Å²) in [5.74, 6) is -0.843. The number of carboxylic acids is 1. The van der Waals surface area contributed by atoms with Gasteiger partial charge in [0, 0.05) is 0 Å². The van der Waals surface area contributed by atoms with Gasteiger partial charge in [-0.25, -0.2) is 0 Å². The van der Waals surface area contributed by atoms with Crippen molar-refractivity contribution in [2.75, 3.05) is 0 Å². The van der Waals surface area contributed by atoms with Crippen molar-refractivity contribution < 1.29 is 9.90 Å². The van der Waals surface area contributed by atoms with Gasteiger partial charge in [0.1, 0.15) is 0 Å². The van der Waals surface area contributed by atoms with E-state index in [1.807, 2.05) is 24.3 Å². The molecule has 0 spiro atoms. The molecule has 1 aromatic carbocycles. The van der Waals surface area contributed by atoms with Gasteiger partial charge in [-0.3, -0.25) is 4.79 Å². The van der Waals surface area contributed by atoms with Crippen LogP contribution in [-0.4, -0.2) is 11.1 Å². The molecule has 2 nitrogen and oxygen atoms in total. The van der Waals surface area contributed by atoms with E-state index in [1.54, 1.807) is 0 Å². The van der Waals surface area contributed by atoms with E-state index < -0.39 is 5.97 Å². The molecule has 0 heterocycles. The van der Waals surface area contributed by atoms with Gasteiger partial charge in [0.05, 0.1) is 6.42 Å². The molecule has 2 heteroatoms. The second kappa shape index (κ2) is 4.52. The Morgan fingerprint density at radius 3 is 2.12 bits per heavy atom. The number of benzene rings is 1. The lowest BCUT2D eigenvalue weighted by Crippen LogP contribution is -2.10. The molecule has 0 saturated heterocycles. The molecule has 0 fully saturated rings. The van der Waals surface area contributed by atoms with Crippen LogP contribution in [0.4, 0.5) is 0 Å². The highest BCUT2D eigenvalue weighted by Gasteiger charge is 2.13. The molecule has 0 amide bonds. The Morgan fingerprint density at radius 2 is 1.75 bits per heavy atom. The van der Waals surface area contributed by atoms with Gasteiger partial charge < -0.3 is 5.11 Å². The van der Waals surface area contributed by atoms with Crippen LogP contribution < -0.4 is 0 Å². The average molecular weight is 218 g/mol. The fourth-order valence-corrected chi connectivity index (χ4v) is 1.49. The van der Waals surface area contributed by atoms with Crippen molar-refractivity contribution in [3.63, 3.8) is 0 Å². The van der Waals surface area contributed by atoms with E-state index in [2.05, 4.69) is 27.4 Å². The van der Waals surface area contributed by atoms with Crippen molar-refractivity contribution >= 4 is 11.5 Å². The molecule has 0 unspecified atom stereocenters. The zero-order valence-corrected chi connectivity index (χ0v) is 10.1. The van der Waals surface area contributed by atoms with Gasteiger partial charge in [-0.2, -0.15) is 0 Å². The predicted octanol–water partition coefficient (Wildman–Crippen LogP) is 3.47. The van der Waals surface area contributed by atoms with Crippen LogP contribution in [0.5, 0.6) is 0 Å². The number of aliphatic carboxylic acids is 1. The molecule has 0 radical (unpaired) electrons. The maximum Gasteiger partial charge on any atom is 0.307 e. The minimum Gasteiger partial charge on any atom is -0.481 e. The third-order valence-corrected chi connectivity index (χ3v) is 2.52. The van der Waals surface area contributed by atoms with E-state index in [4.69, 9.17) is 5.11 Å². The van der Waals surface area contributed by atoms with Crippen LogP contribution in [-0.2, 0) is 10.2 Å². The number of rotatable bonds is 3. The largest absolute Gasteiger partial charge is 0.481 e. The van der Waals surface area contributed by atoms with E-state index in [0.29, 0.717) is 5.57 Å². The summed E-state index contributed by atoms with van der Waals surface area (Å²) >= 11 is 0. The molecule has 0 aromatic heterocycles. The summed E-state index contributed by atoms with van der Waals surface area (Å²) in [6.45, 7) is 10.2. The number of hydrogen-bond acceptors (Lipinski definition) is 1. The fraction of sp³-hybridized carbons (Fsp3) is 0.357. The summed E-state index contributed by atoms with van der Waals surface area (Å²) in [5, 5.41) is 8.67. The quantitative estimate of drug-likeness (QED) is 0.843. The molecule has 0 aliphatic carbocycles. The Morgan fingerprint density at radius 1 is 1.25 bits per heavy atom. The SMILES string of the molecule is C=C(CC(=O)O)c1ccc(C(C)(C)C)cc1. The Bertz CT molecular complexity index is 394. The third kappa shape index (κ3) is 3.23. The van der Waals surface area contributed by atoms with Gasteiger partial charge in [0.25, 0.3) is 0 Å². The van der Waals surface area contributed by atoms with Gasteiger partial charge >= 0.3 is 5.97 Å². The second-order valence-corrected chi connectivity index (χ2v) is 5.00. The second-order valence-electron chi connectivity index (χ2n) is 5.00. The van der Waals surface area contributed by atoms with Crippen LogP contribution in [0.1, 0.15) is 38.3 Å². The number of carbonyl (C=O) groups is 1. The van der Waals surface area contributed by atoms with Gasteiger partial charge in [0.2, 0.25) is 0 Å². The topological polar surface area (TPSA) is 37.3 Å². The molecular formula is C14H18O2. The standard InChI is InChI=1S/C14H18O2/c1-10(9-13(15)16)11-5-7-12(8-6-11)14(2,3)4/h5-8H,1,9H2,2-4H3,(H,15,16).